The molecule has 0 bridgehead atoms. The van der Waals surface area contributed by atoms with Gasteiger partial charge >= 0.3 is 5.97 Å². The number of carbonyl (C=O) groups excluding carboxylic acids is 1. The molecule has 2 heteroatoms. The highest BCUT2D eigenvalue weighted by molar-refractivity contribution is 5.72. The topological polar surface area (TPSA) is 26.3 Å². The average Bonchev–Trinajstić information content (AvgIpc) is 2.18. The largest absolute Gasteiger partial charge is 0.466 e. The first kappa shape index (κ1) is 13.5. The van der Waals surface area contributed by atoms with E-state index in [-0.39, 0.29) is 11.9 Å². The Labute approximate surface area is 88.0 Å². The van der Waals surface area contributed by atoms with E-state index in [4.69, 9.17) is 4.74 Å². The van der Waals surface area contributed by atoms with E-state index >= 15 is 0 Å². The molecule has 0 saturated heterocycles. The molecule has 0 saturated carbocycles. The second-order valence-electron chi connectivity index (χ2n) is 3.72. The van der Waals surface area contributed by atoms with Crippen LogP contribution in [0.15, 0.2) is 0 Å². The molecule has 0 rings (SSSR count). The van der Waals surface area contributed by atoms with Gasteiger partial charge in [0.1, 0.15) is 0 Å². The van der Waals surface area contributed by atoms with Gasteiger partial charge in [-0.1, -0.05) is 33.6 Å². The lowest BCUT2D eigenvalue weighted by molar-refractivity contribution is -0.150. The van der Waals surface area contributed by atoms with Crippen LogP contribution in [0.3, 0.4) is 0 Å². The molecule has 0 aliphatic rings. The van der Waals surface area contributed by atoms with Crippen LogP contribution in [0.1, 0.15) is 53.4 Å². The molecule has 2 unspecified atom stereocenters. The summed E-state index contributed by atoms with van der Waals surface area (Å²) in [7, 11) is 0. The van der Waals surface area contributed by atoms with Crippen LogP contribution in [-0.2, 0) is 9.53 Å². The number of esters is 1. The minimum atomic E-state index is -0.00435. The van der Waals surface area contributed by atoms with Crippen LogP contribution in [0.5, 0.6) is 0 Å². The van der Waals surface area contributed by atoms with Crippen molar-refractivity contribution in [3.8, 4) is 0 Å². The van der Waals surface area contributed by atoms with Crippen LogP contribution < -0.4 is 0 Å². The third-order valence-electron chi connectivity index (χ3n) is 2.78. The van der Waals surface area contributed by atoms with Gasteiger partial charge in [0.25, 0.3) is 0 Å². The molecule has 0 aromatic rings. The van der Waals surface area contributed by atoms with E-state index < -0.39 is 0 Å². The van der Waals surface area contributed by atoms with Crippen molar-refractivity contribution < 1.29 is 9.53 Å². The summed E-state index contributed by atoms with van der Waals surface area (Å²) in [6.07, 6.45) is 4.25. The number of ether oxygens (including phenoxy) is 1. The van der Waals surface area contributed by atoms with Crippen LogP contribution in [0.25, 0.3) is 0 Å². The zero-order valence-corrected chi connectivity index (χ0v) is 10.0. The van der Waals surface area contributed by atoms with Gasteiger partial charge in [0, 0.05) is 0 Å². The predicted octanol–water partition coefficient (Wildman–Crippen LogP) is 3.40. The lowest BCUT2D eigenvalue weighted by Gasteiger charge is -2.22. The molecule has 0 fully saturated rings. The monoisotopic (exact) mass is 200 g/mol. The molecule has 0 amide bonds. The molecular weight excluding hydrogens is 176 g/mol. The van der Waals surface area contributed by atoms with Crippen molar-refractivity contribution in [2.75, 3.05) is 6.61 Å². The van der Waals surface area contributed by atoms with Gasteiger partial charge in [0.15, 0.2) is 0 Å². The normalized spacial score (nSPS) is 14.9. The van der Waals surface area contributed by atoms with E-state index in [0.717, 1.165) is 25.7 Å². The van der Waals surface area contributed by atoms with Crippen molar-refractivity contribution in [3.63, 3.8) is 0 Å². The Morgan fingerprint density at radius 2 is 1.79 bits per heavy atom. The number of rotatable bonds is 7. The molecule has 0 aromatic carbocycles. The van der Waals surface area contributed by atoms with E-state index in [1.807, 2.05) is 6.92 Å². The van der Waals surface area contributed by atoms with Gasteiger partial charge < -0.3 is 4.74 Å². The van der Waals surface area contributed by atoms with Gasteiger partial charge in [0.05, 0.1) is 12.5 Å². The minimum Gasteiger partial charge on any atom is -0.466 e. The molecule has 0 heterocycles. The third-order valence-corrected chi connectivity index (χ3v) is 2.78. The fourth-order valence-electron chi connectivity index (χ4n) is 2.00. The molecule has 0 N–H and O–H groups in total. The third kappa shape index (κ3) is 4.12. The standard InChI is InChI=1S/C12H24O2/c1-5-9-10(6-2)11(7-3)12(13)14-8-4/h10-11H,5-9H2,1-4H3. The zero-order chi connectivity index (χ0) is 11.0. The van der Waals surface area contributed by atoms with Crippen molar-refractivity contribution in [1.29, 1.82) is 0 Å². The van der Waals surface area contributed by atoms with Crippen molar-refractivity contribution in [2.45, 2.75) is 53.4 Å². The van der Waals surface area contributed by atoms with Crippen LogP contribution in [0, 0.1) is 11.8 Å². The maximum Gasteiger partial charge on any atom is 0.309 e. The highest BCUT2D eigenvalue weighted by Gasteiger charge is 2.25. The average molecular weight is 200 g/mol. The zero-order valence-electron chi connectivity index (χ0n) is 10.0. The highest BCUT2D eigenvalue weighted by Crippen LogP contribution is 2.25. The predicted molar refractivity (Wildman–Crippen MR) is 59.1 cm³/mol. The first-order valence-corrected chi connectivity index (χ1v) is 5.87. The van der Waals surface area contributed by atoms with Crippen LogP contribution in [0.4, 0.5) is 0 Å². The second kappa shape index (κ2) is 7.84. The SMILES string of the molecule is CCCC(CC)C(CC)C(=O)OCC. The van der Waals surface area contributed by atoms with E-state index in [9.17, 15) is 4.79 Å². The van der Waals surface area contributed by atoms with Gasteiger partial charge in [-0.15, -0.1) is 0 Å². The maximum atomic E-state index is 11.6. The molecule has 0 aliphatic heterocycles. The molecule has 2 atom stereocenters. The van der Waals surface area contributed by atoms with E-state index in [0.29, 0.717) is 12.5 Å². The second-order valence-corrected chi connectivity index (χ2v) is 3.72. The molecule has 0 spiro atoms. The first-order chi connectivity index (χ1) is 6.71. The van der Waals surface area contributed by atoms with Crippen molar-refractivity contribution in [2.24, 2.45) is 11.8 Å². The molecular formula is C12H24O2. The summed E-state index contributed by atoms with van der Waals surface area (Å²) in [6.45, 7) is 8.76. The van der Waals surface area contributed by atoms with Crippen LogP contribution in [-0.4, -0.2) is 12.6 Å². The van der Waals surface area contributed by atoms with E-state index in [2.05, 4.69) is 20.8 Å². The number of carbonyl (C=O) groups is 1. The van der Waals surface area contributed by atoms with Gasteiger partial charge in [-0.3, -0.25) is 4.79 Å². The summed E-state index contributed by atoms with van der Waals surface area (Å²) in [4.78, 5) is 11.6. The lowest BCUT2D eigenvalue weighted by Crippen LogP contribution is -2.25. The minimum absolute atomic E-state index is 0.00435. The molecule has 84 valence electrons. The molecule has 0 aliphatic carbocycles. The fourth-order valence-corrected chi connectivity index (χ4v) is 2.00. The Morgan fingerprint density at radius 1 is 1.14 bits per heavy atom. The van der Waals surface area contributed by atoms with Gasteiger partial charge in [-0.2, -0.15) is 0 Å². The molecule has 14 heavy (non-hydrogen) atoms. The summed E-state index contributed by atoms with van der Waals surface area (Å²) >= 11 is 0. The molecule has 0 aromatic heterocycles. The molecule has 0 radical (unpaired) electrons. The smallest absolute Gasteiger partial charge is 0.309 e. The van der Waals surface area contributed by atoms with Crippen molar-refractivity contribution >= 4 is 5.97 Å². The van der Waals surface area contributed by atoms with Crippen molar-refractivity contribution in [3.05, 3.63) is 0 Å². The Bertz CT molecular complexity index is 154. The Morgan fingerprint density at radius 3 is 2.14 bits per heavy atom. The maximum absolute atomic E-state index is 11.6. The fraction of sp³-hybridized carbons (Fsp3) is 0.917. The first-order valence-electron chi connectivity index (χ1n) is 5.87. The highest BCUT2D eigenvalue weighted by atomic mass is 16.5. The number of hydrogen-bond donors (Lipinski definition) is 0. The van der Waals surface area contributed by atoms with Gasteiger partial charge in [-0.25, -0.2) is 0 Å². The number of hydrogen-bond acceptors (Lipinski definition) is 2. The summed E-state index contributed by atoms with van der Waals surface area (Å²) in [5.74, 6) is 0.610. The van der Waals surface area contributed by atoms with E-state index in [1.165, 1.54) is 0 Å². The van der Waals surface area contributed by atoms with Crippen LogP contribution >= 0.6 is 0 Å². The van der Waals surface area contributed by atoms with Crippen LogP contribution in [0.2, 0.25) is 0 Å². The van der Waals surface area contributed by atoms with Gasteiger partial charge in [-0.05, 0) is 25.7 Å². The Kier molecular flexibility index (Phi) is 7.54. The van der Waals surface area contributed by atoms with Gasteiger partial charge in [0.2, 0.25) is 0 Å². The summed E-state index contributed by atoms with van der Waals surface area (Å²) in [6, 6.07) is 0. The molecule has 2 nitrogen and oxygen atoms in total. The van der Waals surface area contributed by atoms with Crippen molar-refractivity contribution in [1.82, 2.24) is 0 Å². The van der Waals surface area contributed by atoms with E-state index in [1.54, 1.807) is 0 Å². The summed E-state index contributed by atoms with van der Waals surface area (Å²) < 4.78 is 5.09. The quantitative estimate of drug-likeness (QED) is 0.589. The summed E-state index contributed by atoms with van der Waals surface area (Å²) in [5, 5.41) is 0. The summed E-state index contributed by atoms with van der Waals surface area (Å²) in [5.41, 5.74) is 0. The lowest BCUT2D eigenvalue weighted by atomic mass is 9.85. The Balaban J connectivity index is 4.26. The Hall–Kier alpha value is -0.530.